The molecule has 178 valence electrons. The van der Waals surface area contributed by atoms with Crippen molar-refractivity contribution in [1.29, 1.82) is 5.26 Å². The maximum absolute atomic E-state index is 13.0. The Labute approximate surface area is 192 Å². The largest absolute Gasteiger partial charge is 0.435 e. The number of aryl methyl sites for hydroxylation is 1. The van der Waals surface area contributed by atoms with Crippen LogP contribution in [0.1, 0.15) is 32.4 Å². The summed E-state index contributed by atoms with van der Waals surface area (Å²) in [5, 5.41) is 16.3. The van der Waals surface area contributed by atoms with E-state index in [2.05, 4.69) is 26.2 Å². The number of nitriles is 1. The Bertz CT molecular complexity index is 1470. The minimum atomic E-state index is -4.73. The van der Waals surface area contributed by atoms with Gasteiger partial charge in [0, 0.05) is 20.0 Å². The van der Waals surface area contributed by atoms with Crippen molar-refractivity contribution in [1.82, 2.24) is 24.7 Å². The molecule has 0 aliphatic heterocycles. The van der Waals surface area contributed by atoms with Crippen molar-refractivity contribution in [2.75, 3.05) is 10.7 Å². The number of carbonyl (C=O) groups is 1. The van der Waals surface area contributed by atoms with Crippen molar-refractivity contribution >= 4 is 32.6 Å². The van der Waals surface area contributed by atoms with Crippen LogP contribution in [0, 0.1) is 11.3 Å². The van der Waals surface area contributed by atoms with Gasteiger partial charge in [-0.2, -0.15) is 18.4 Å². The van der Waals surface area contributed by atoms with E-state index in [9.17, 15) is 31.6 Å². The molecule has 0 saturated heterocycles. The number of anilines is 1. The second-order valence-corrected chi connectivity index (χ2v) is 10.1. The molecule has 1 amide bonds. The fourth-order valence-electron chi connectivity index (χ4n) is 3.69. The lowest BCUT2D eigenvalue weighted by atomic mass is 10.2. The number of amides is 1. The molecule has 1 saturated carbocycles. The van der Waals surface area contributed by atoms with Gasteiger partial charge >= 0.3 is 6.18 Å². The molecule has 0 bridgehead atoms. The Hall–Kier alpha value is -3.60. The van der Waals surface area contributed by atoms with Gasteiger partial charge in [0.25, 0.3) is 0 Å². The van der Waals surface area contributed by atoms with Crippen molar-refractivity contribution in [3.8, 4) is 17.6 Å². The van der Waals surface area contributed by atoms with Gasteiger partial charge in [0.1, 0.15) is 16.7 Å². The van der Waals surface area contributed by atoms with Crippen LogP contribution in [0.15, 0.2) is 23.2 Å². The van der Waals surface area contributed by atoms with Crippen LogP contribution in [-0.2, 0) is 27.9 Å². The average molecular weight is 493 g/mol. The summed E-state index contributed by atoms with van der Waals surface area (Å²) < 4.78 is 66.4. The zero-order chi connectivity index (χ0) is 25.1. The lowest BCUT2D eigenvalue weighted by Crippen LogP contribution is -2.40. The summed E-state index contributed by atoms with van der Waals surface area (Å²) in [5.74, 6) is -0.805. The first-order valence-electron chi connectivity index (χ1n) is 10.1. The zero-order valence-corrected chi connectivity index (χ0v) is 19.1. The third-order valence-corrected chi connectivity index (χ3v) is 7.35. The Morgan fingerprint density at radius 1 is 1.29 bits per heavy atom. The van der Waals surface area contributed by atoms with Crippen LogP contribution < -0.4 is 4.90 Å². The molecule has 14 heteroatoms. The van der Waals surface area contributed by atoms with E-state index in [1.54, 1.807) is 0 Å². The normalized spacial score (nSPS) is 15.2. The number of rotatable bonds is 5. The highest BCUT2D eigenvalue weighted by Gasteiger charge is 2.51. The highest BCUT2D eigenvalue weighted by molar-refractivity contribution is 7.91. The zero-order valence-electron chi connectivity index (χ0n) is 18.3. The summed E-state index contributed by atoms with van der Waals surface area (Å²) in [6.45, 7) is 2.68. The number of alkyl halides is 3. The Morgan fingerprint density at radius 2 is 1.97 bits per heavy atom. The number of hydrogen-bond donors (Lipinski definition) is 0. The smallest absolute Gasteiger partial charge is 0.309 e. The number of carbonyl (C=O) groups excluding carboxylic acids is 1. The van der Waals surface area contributed by atoms with E-state index in [0.717, 1.165) is 6.07 Å². The lowest BCUT2D eigenvalue weighted by Gasteiger charge is -2.26. The van der Waals surface area contributed by atoms with Gasteiger partial charge in [-0.05, 0) is 18.9 Å². The van der Waals surface area contributed by atoms with E-state index in [4.69, 9.17) is 0 Å². The molecule has 3 aromatic rings. The maximum atomic E-state index is 13.0. The first kappa shape index (κ1) is 23.6. The van der Waals surface area contributed by atoms with Gasteiger partial charge < -0.3 is 4.57 Å². The average Bonchev–Trinajstić information content (AvgIpc) is 3.49. The monoisotopic (exact) mass is 493 g/mol. The predicted molar refractivity (Wildman–Crippen MR) is 113 cm³/mol. The lowest BCUT2D eigenvalue weighted by molar-refractivity contribution is -0.141. The summed E-state index contributed by atoms with van der Waals surface area (Å²) in [7, 11) is -2.48. The minimum Gasteiger partial charge on any atom is -0.309 e. The highest BCUT2D eigenvalue weighted by atomic mass is 32.2. The quantitative estimate of drug-likeness (QED) is 0.529. The predicted octanol–water partition coefficient (Wildman–Crippen LogP) is 2.65. The molecule has 0 aromatic carbocycles. The fraction of sp³-hybridized carbons (Fsp3) is 0.400. The van der Waals surface area contributed by atoms with Crippen LogP contribution in [0.4, 0.5) is 18.9 Å². The number of sulfone groups is 1. The van der Waals surface area contributed by atoms with Gasteiger partial charge in [-0.25, -0.2) is 18.4 Å². The first-order valence-corrected chi connectivity index (χ1v) is 11.7. The molecule has 0 unspecified atom stereocenters. The van der Waals surface area contributed by atoms with Gasteiger partial charge in [0.15, 0.2) is 27.0 Å². The van der Waals surface area contributed by atoms with Crippen molar-refractivity contribution in [3.63, 3.8) is 0 Å². The molecule has 0 radical (unpaired) electrons. The summed E-state index contributed by atoms with van der Waals surface area (Å²) in [6, 6.07) is 4.06. The van der Waals surface area contributed by atoms with E-state index in [0.29, 0.717) is 12.8 Å². The third kappa shape index (κ3) is 3.75. The van der Waals surface area contributed by atoms with Crippen LogP contribution >= 0.6 is 0 Å². The highest BCUT2D eigenvalue weighted by Crippen LogP contribution is 2.44. The standard InChI is InChI=1S/C20H18F3N7O3S/c1-4-34(32,33)14-7-12(30(11(2)31)19(10-24)5-6-19)9-25-16(14)18-26-13-8-15(20(21,22)23)27-28-17(13)29(18)3/h7-9H,4-6H2,1-3H3. The van der Waals surface area contributed by atoms with Crippen molar-refractivity contribution in [2.45, 2.75) is 43.3 Å². The number of aromatic nitrogens is 5. The molecule has 1 fully saturated rings. The van der Waals surface area contributed by atoms with Crippen LogP contribution in [0.5, 0.6) is 0 Å². The van der Waals surface area contributed by atoms with E-state index in [-0.39, 0.29) is 39.0 Å². The van der Waals surface area contributed by atoms with Gasteiger partial charge in [-0.15, -0.1) is 10.2 Å². The first-order chi connectivity index (χ1) is 15.8. The van der Waals surface area contributed by atoms with Crippen molar-refractivity contribution in [2.24, 2.45) is 7.05 Å². The fourth-order valence-corrected chi connectivity index (χ4v) is 4.74. The van der Waals surface area contributed by atoms with E-state index >= 15 is 0 Å². The molecule has 0 spiro atoms. The van der Waals surface area contributed by atoms with Gasteiger partial charge in [0.2, 0.25) is 5.91 Å². The molecule has 34 heavy (non-hydrogen) atoms. The van der Waals surface area contributed by atoms with Gasteiger partial charge in [-0.3, -0.25) is 9.69 Å². The third-order valence-electron chi connectivity index (χ3n) is 5.61. The SMILES string of the molecule is CCS(=O)(=O)c1cc(N(C(C)=O)C2(C#N)CC2)cnc1-c1nc2cc(C(F)(F)F)nnc2n1C. The Kier molecular flexibility index (Phi) is 5.35. The Balaban J connectivity index is 1.94. The number of imidazole rings is 1. The molecule has 0 atom stereocenters. The van der Waals surface area contributed by atoms with E-state index < -0.39 is 33.2 Å². The second kappa shape index (κ2) is 7.73. The number of fused-ring (bicyclic) bond motifs is 1. The van der Waals surface area contributed by atoms with E-state index in [1.165, 1.54) is 42.6 Å². The van der Waals surface area contributed by atoms with Crippen LogP contribution in [-0.4, -0.2) is 50.3 Å². The molecule has 1 aliphatic rings. The minimum absolute atomic E-state index is 0.000462. The van der Waals surface area contributed by atoms with Crippen LogP contribution in [0.25, 0.3) is 22.7 Å². The number of nitrogens with zero attached hydrogens (tertiary/aromatic N) is 7. The molecule has 3 heterocycles. The summed E-state index contributed by atoms with van der Waals surface area (Å²) in [5.41, 5.74) is -2.44. The topological polar surface area (TPSA) is 135 Å². The molecular formula is C20H18F3N7O3S. The molecule has 10 nitrogen and oxygen atoms in total. The number of pyridine rings is 1. The summed E-state index contributed by atoms with van der Waals surface area (Å²) >= 11 is 0. The number of hydrogen-bond acceptors (Lipinski definition) is 8. The van der Waals surface area contributed by atoms with Gasteiger partial charge in [-0.1, -0.05) is 6.92 Å². The van der Waals surface area contributed by atoms with Crippen molar-refractivity contribution < 1.29 is 26.4 Å². The van der Waals surface area contributed by atoms with Crippen LogP contribution in [0.3, 0.4) is 0 Å². The summed E-state index contributed by atoms with van der Waals surface area (Å²) in [6.07, 6.45) is -2.61. The second-order valence-electron chi connectivity index (χ2n) is 7.87. The van der Waals surface area contributed by atoms with Gasteiger partial charge in [0.05, 0.1) is 28.6 Å². The molecular weight excluding hydrogens is 475 g/mol. The molecule has 4 rings (SSSR count). The van der Waals surface area contributed by atoms with Crippen molar-refractivity contribution in [3.05, 3.63) is 24.0 Å². The maximum Gasteiger partial charge on any atom is 0.435 e. The van der Waals surface area contributed by atoms with Crippen LogP contribution in [0.2, 0.25) is 0 Å². The Morgan fingerprint density at radius 3 is 2.50 bits per heavy atom. The molecule has 0 N–H and O–H groups in total. The molecule has 1 aliphatic carbocycles. The molecule has 3 aromatic heterocycles. The number of halogens is 3. The van der Waals surface area contributed by atoms with E-state index in [1.807, 2.05) is 0 Å². The summed E-state index contributed by atoms with van der Waals surface area (Å²) in [4.78, 5) is 21.7.